The van der Waals surface area contributed by atoms with E-state index in [1.54, 1.807) is 21.9 Å². The minimum absolute atomic E-state index is 0.301. The molecule has 2 aromatic carbocycles. The molecule has 0 bridgehead atoms. The van der Waals surface area contributed by atoms with Crippen LogP contribution in [0.1, 0.15) is 16.1 Å². The minimum Gasteiger partial charge on any atom is -0.321 e. The molecule has 0 aliphatic heterocycles. The maximum absolute atomic E-state index is 13.3. The summed E-state index contributed by atoms with van der Waals surface area (Å²) in [5.74, 6) is -0.692. The van der Waals surface area contributed by atoms with Crippen molar-refractivity contribution in [2.24, 2.45) is 0 Å². The molecule has 0 spiro atoms. The molecule has 25 heavy (non-hydrogen) atoms. The van der Waals surface area contributed by atoms with Gasteiger partial charge >= 0.3 is 0 Å². The molecule has 1 amide bonds. The van der Waals surface area contributed by atoms with Crippen molar-refractivity contribution in [2.45, 2.75) is 6.92 Å². The lowest BCUT2D eigenvalue weighted by Crippen LogP contribution is -2.13. The van der Waals surface area contributed by atoms with Crippen molar-refractivity contribution in [2.75, 3.05) is 5.32 Å². The van der Waals surface area contributed by atoms with Crippen LogP contribution in [0.2, 0.25) is 0 Å². The van der Waals surface area contributed by atoms with Gasteiger partial charge in [0.25, 0.3) is 5.91 Å². The Balaban J connectivity index is 1.66. The maximum atomic E-state index is 13.3. The van der Waals surface area contributed by atoms with E-state index in [-0.39, 0.29) is 5.91 Å². The SMILES string of the molecule is Cc1ccc(-c2cn3c(C(=O)Nc4cccc(F)c4)csc3n2)cc1. The molecule has 0 radical (unpaired) electrons. The molecule has 0 aliphatic carbocycles. The zero-order chi connectivity index (χ0) is 17.4. The first-order chi connectivity index (χ1) is 12.1. The topological polar surface area (TPSA) is 46.4 Å². The summed E-state index contributed by atoms with van der Waals surface area (Å²) in [7, 11) is 0. The maximum Gasteiger partial charge on any atom is 0.273 e. The van der Waals surface area contributed by atoms with Gasteiger partial charge in [0.15, 0.2) is 4.96 Å². The number of fused-ring (bicyclic) bond motifs is 1. The highest BCUT2D eigenvalue weighted by molar-refractivity contribution is 7.15. The van der Waals surface area contributed by atoms with Crippen LogP contribution in [0, 0.1) is 12.7 Å². The molecule has 4 aromatic rings. The number of anilines is 1. The average molecular weight is 351 g/mol. The van der Waals surface area contributed by atoms with Crippen LogP contribution in [-0.4, -0.2) is 15.3 Å². The summed E-state index contributed by atoms with van der Waals surface area (Å²) >= 11 is 1.39. The van der Waals surface area contributed by atoms with Crippen LogP contribution < -0.4 is 5.32 Å². The Morgan fingerprint density at radius 2 is 2.00 bits per heavy atom. The van der Waals surface area contributed by atoms with Crippen LogP contribution >= 0.6 is 11.3 Å². The van der Waals surface area contributed by atoms with Crippen LogP contribution in [0.15, 0.2) is 60.1 Å². The standard InChI is InChI=1S/C19H14FN3OS/c1-12-5-7-13(8-6-12)16-10-23-17(11-25-19(23)22-16)18(24)21-15-4-2-3-14(20)9-15/h2-11H,1H3,(H,21,24). The number of hydrogen-bond acceptors (Lipinski definition) is 3. The lowest BCUT2D eigenvalue weighted by Gasteiger charge is -2.04. The third-order valence-corrected chi connectivity index (χ3v) is 4.71. The van der Waals surface area contributed by atoms with Crippen molar-refractivity contribution in [3.05, 3.63) is 77.2 Å². The smallest absolute Gasteiger partial charge is 0.273 e. The predicted molar refractivity (Wildman–Crippen MR) is 97.6 cm³/mol. The van der Waals surface area contributed by atoms with E-state index in [2.05, 4.69) is 10.3 Å². The van der Waals surface area contributed by atoms with E-state index in [1.165, 1.54) is 29.0 Å². The number of benzene rings is 2. The highest BCUT2D eigenvalue weighted by atomic mass is 32.1. The quantitative estimate of drug-likeness (QED) is 0.578. The molecule has 124 valence electrons. The van der Waals surface area contributed by atoms with Crippen LogP contribution in [0.3, 0.4) is 0 Å². The molecule has 2 heterocycles. The van der Waals surface area contributed by atoms with Crippen molar-refractivity contribution in [1.82, 2.24) is 9.38 Å². The number of imidazole rings is 1. The summed E-state index contributed by atoms with van der Waals surface area (Å²) in [6.45, 7) is 2.03. The number of nitrogens with zero attached hydrogens (tertiary/aromatic N) is 2. The van der Waals surface area contributed by atoms with E-state index in [4.69, 9.17) is 0 Å². The van der Waals surface area contributed by atoms with Crippen molar-refractivity contribution < 1.29 is 9.18 Å². The fourth-order valence-corrected chi connectivity index (χ4v) is 3.43. The fraction of sp³-hybridized carbons (Fsp3) is 0.0526. The van der Waals surface area contributed by atoms with Gasteiger partial charge < -0.3 is 5.32 Å². The summed E-state index contributed by atoms with van der Waals surface area (Å²) in [6, 6.07) is 13.9. The summed E-state index contributed by atoms with van der Waals surface area (Å²) < 4.78 is 15.0. The zero-order valence-electron chi connectivity index (χ0n) is 13.4. The highest BCUT2D eigenvalue weighted by Gasteiger charge is 2.15. The molecule has 4 nitrogen and oxygen atoms in total. The van der Waals surface area contributed by atoms with E-state index in [9.17, 15) is 9.18 Å². The monoisotopic (exact) mass is 351 g/mol. The summed E-state index contributed by atoms with van der Waals surface area (Å²) in [6.07, 6.45) is 1.84. The average Bonchev–Trinajstić information content (AvgIpc) is 3.16. The van der Waals surface area contributed by atoms with Crippen LogP contribution in [0.25, 0.3) is 16.2 Å². The molecule has 1 N–H and O–H groups in total. The predicted octanol–water partition coefficient (Wildman–Crippen LogP) is 4.76. The number of hydrogen-bond donors (Lipinski definition) is 1. The highest BCUT2D eigenvalue weighted by Crippen LogP contribution is 2.24. The number of aryl methyl sites for hydroxylation is 1. The first-order valence-corrected chi connectivity index (χ1v) is 8.59. The molecule has 4 rings (SSSR count). The van der Waals surface area contributed by atoms with E-state index in [0.717, 1.165) is 16.2 Å². The van der Waals surface area contributed by atoms with Crippen molar-refractivity contribution in [3.63, 3.8) is 0 Å². The van der Waals surface area contributed by atoms with Crippen LogP contribution in [0.4, 0.5) is 10.1 Å². The Kier molecular flexibility index (Phi) is 3.82. The van der Waals surface area contributed by atoms with Gasteiger partial charge in [-0.25, -0.2) is 9.37 Å². The second-order valence-corrected chi connectivity index (χ2v) is 6.57. The van der Waals surface area contributed by atoms with Gasteiger partial charge in [-0.15, -0.1) is 11.3 Å². The largest absolute Gasteiger partial charge is 0.321 e. The molecule has 0 saturated heterocycles. The fourth-order valence-electron chi connectivity index (χ4n) is 2.57. The Labute approximate surface area is 147 Å². The van der Waals surface area contributed by atoms with Gasteiger partial charge in [0.2, 0.25) is 0 Å². The molecule has 0 aliphatic rings. The first-order valence-electron chi connectivity index (χ1n) is 7.71. The second-order valence-electron chi connectivity index (χ2n) is 5.73. The van der Waals surface area contributed by atoms with Crippen molar-refractivity contribution in [3.8, 4) is 11.3 Å². The second kappa shape index (κ2) is 6.14. The number of halogens is 1. The molecule has 0 unspecified atom stereocenters. The van der Waals surface area contributed by atoms with E-state index < -0.39 is 5.82 Å². The molecular formula is C19H14FN3OS. The number of thiazole rings is 1. The van der Waals surface area contributed by atoms with E-state index >= 15 is 0 Å². The van der Waals surface area contributed by atoms with Gasteiger partial charge in [-0.2, -0.15) is 0 Å². The lowest BCUT2D eigenvalue weighted by molar-refractivity contribution is 0.102. The van der Waals surface area contributed by atoms with E-state index in [1.807, 2.05) is 37.4 Å². The molecule has 0 fully saturated rings. The Bertz CT molecular complexity index is 1070. The van der Waals surface area contributed by atoms with Gasteiger partial charge in [-0.1, -0.05) is 35.9 Å². The summed E-state index contributed by atoms with van der Waals surface area (Å²) in [5.41, 5.74) is 3.88. The number of aromatic nitrogens is 2. The summed E-state index contributed by atoms with van der Waals surface area (Å²) in [5, 5.41) is 4.46. The molecular weight excluding hydrogens is 337 g/mol. The van der Waals surface area contributed by atoms with Gasteiger partial charge in [-0.3, -0.25) is 9.20 Å². The van der Waals surface area contributed by atoms with Gasteiger partial charge in [-0.05, 0) is 25.1 Å². The lowest BCUT2D eigenvalue weighted by atomic mass is 10.1. The third-order valence-electron chi connectivity index (χ3n) is 3.87. The van der Waals surface area contributed by atoms with Gasteiger partial charge in [0, 0.05) is 22.8 Å². The van der Waals surface area contributed by atoms with Crippen LogP contribution in [0.5, 0.6) is 0 Å². The number of rotatable bonds is 3. The van der Waals surface area contributed by atoms with Gasteiger partial charge in [0.1, 0.15) is 11.5 Å². The Morgan fingerprint density at radius 3 is 2.76 bits per heavy atom. The van der Waals surface area contributed by atoms with Gasteiger partial charge in [0.05, 0.1) is 5.69 Å². The zero-order valence-corrected chi connectivity index (χ0v) is 14.2. The van der Waals surface area contributed by atoms with Crippen molar-refractivity contribution in [1.29, 1.82) is 0 Å². The Morgan fingerprint density at radius 1 is 1.20 bits per heavy atom. The third kappa shape index (κ3) is 3.04. The number of amides is 1. The Hall–Kier alpha value is -2.99. The normalized spacial score (nSPS) is 11.0. The summed E-state index contributed by atoms with van der Waals surface area (Å²) in [4.78, 5) is 17.8. The van der Waals surface area contributed by atoms with E-state index in [0.29, 0.717) is 11.4 Å². The number of carbonyl (C=O) groups is 1. The molecule has 0 saturated carbocycles. The van der Waals surface area contributed by atoms with Crippen molar-refractivity contribution >= 4 is 27.9 Å². The number of nitrogens with one attached hydrogen (secondary N) is 1. The molecule has 6 heteroatoms. The minimum atomic E-state index is -0.391. The molecule has 2 aromatic heterocycles. The number of carbonyl (C=O) groups excluding carboxylic acids is 1. The molecule has 0 atom stereocenters. The van der Waals surface area contributed by atoms with Crippen LogP contribution in [-0.2, 0) is 0 Å². The first kappa shape index (κ1) is 15.5.